The fraction of sp³-hybridized carbons (Fsp3) is 0.364. The van der Waals surface area contributed by atoms with Crippen LogP contribution in [0.3, 0.4) is 0 Å². The van der Waals surface area contributed by atoms with Gasteiger partial charge in [-0.15, -0.1) is 0 Å². The van der Waals surface area contributed by atoms with Crippen LogP contribution in [0.2, 0.25) is 0 Å². The van der Waals surface area contributed by atoms with E-state index in [1.807, 2.05) is 6.07 Å². The van der Waals surface area contributed by atoms with Crippen molar-refractivity contribution in [1.29, 1.82) is 0 Å². The van der Waals surface area contributed by atoms with Gasteiger partial charge in [0.2, 0.25) is 6.54 Å². The van der Waals surface area contributed by atoms with E-state index in [9.17, 15) is 0 Å². The van der Waals surface area contributed by atoms with E-state index in [1.54, 1.807) is 19.0 Å². The Bertz CT molecular complexity index is 377. The number of nitrogens with zero attached hydrogens (tertiary/aromatic N) is 1. The molecule has 0 aromatic heterocycles. The topological polar surface area (TPSA) is 21.5 Å². The number of rotatable bonds is 1. The summed E-state index contributed by atoms with van der Waals surface area (Å²) in [7, 11) is 3.33. The van der Waals surface area contributed by atoms with E-state index >= 15 is 0 Å². The first-order valence-corrected chi connectivity index (χ1v) is 4.67. The summed E-state index contributed by atoms with van der Waals surface area (Å²) in [5.74, 6) is 0.800. The molecule has 82 valence electrons. The maximum absolute atomic E-state index is 5.34. The highest BCUT2D eigenvalue weighted by Gasteiger charge is 2.27. The van der Waals surface area contributed by atoms with Gasteiger partial charge in [-0.1, -0.05) is 18.2 Å². The van der Waals surface area contributed by atoms with Gasteiger partial charge in [0.25, 0.3) is 0 Å². The summed E-state index contributed by atoms with van der Waals surface area (Å²) in [4.78, 5) is 5.22. The van der Waals surface area contributed by atoms with E-state index in [2.05, 4.69) is 18.2 Å². The Morgan fingerprint density at radius 3 is 2.60 bits per heavy atom. The maximum Gasteiger partial charge on any atom is 0.418 e. The van der Waals surface area contributed by atoms with Gasteiger partial charge in [-0.05, 0) is 11.6 Å². The Balaban J connectivity index is 0.00000112. The second-order valence-electron chi connectivity index (χ2n) is 3.20. The number of benzene rings is 1. The van der Waals surface area contributed by atoms with Crippen LogP contribution in [0.1, 0.15) is 11.1 Å². The van der Waals surface area contributed by atoms with Crippen LogP contribution in [0.15, 0.2) is 24.3 Å². The average Bonchev–Trinajstić information content (AvgIpc) is 2.27. The highest BCUT2D eigenvalue weighted by molar-refractivity contribution is 5.92. The van der Waals surface area contributed by atoms with Gasteiger partial charge in [0.1, 0.15) is 7.11 Å². The van der Waals surface area contributed by atoms with Gasteiger partial charge in [0.15, 0.2) is 0 Å². The van der Waals surface area contributed by atoms with Gasteiger partial charge in [0.05, 0.1) is 12.7 Å². The molecular formula is C11H14INO2. The Hall–Kier alpha value is -0.780. The molecule has 0 spiro atoms. The van der Waals surface area contributed by atoms with Crippen LogP contribution < -0.4 is 24.0 Å². The molecule has 0 saturated heterocycles. The Kier molecular flexibility index (Phi) is 4.38. The number of ether oxygens (including phenoxy) is 1. The third kappa shape index (κ3) is 2.25. The molecule has 0 amide bonds. The third-order valence-electron chi connectivity index (χ3n) is 2.47. The van der Waals surface area contributed by atoms with E-state index in [1.165, 1.54) is 5.56 Å². The lowest BCUT2D eigenvalue weighted by Crippen LogP contribution is -3.00. The van der Waals surface area contributed by atoms with E-state index in [4.69, 9.17) is 9.57 Å². The number of hydroxylamine groups is 1. The molecule has 0 fully saturated rings. The third-order valence-corrected chi connectivity index (χ3v) is 2.47. The van der Waals surface area contributed by atoms with Crippen LogP contribution in [0.4, 0.5) is 0 Å². The minimum Gasteiger partial charge on any atom is -1.00 e. The van der Waals surface area contributed by atoms with Crippen molar-refractivity contribution >= 4 is 5.90 Å². The molecule has 0 atom stereocenters. The summed E-state index contributed by atoms with van der Waals surface area (Å²) in [6.45, 7) is 0.844. The second-order valence-corrected chi connectivity index (χ2v) is 3.20. The van der Waals surface area contributed by atoms with Gasteiger partial charge < -0.3 is 28.7 Å². The monoisotopic (exact) mass is 319 g/mol. The van der Waals surface area contributed by atoms with E-state index in [0.29, 0.717) is 0 Å². The average molecular weight is 319 g/mol. The number of hydrogen-bond acceptors (Lipinski definition) is 2. The molecule has 0 bridgehead atoms. The predicted octanol–water partition coefficient (Wildman–Crippen LogP) is -1.79. The molecule has 1 aromatic rings. The molecule has 1 heterocycles. The zero-order valence-electron chi connectivity index (χ0n) is 8.87. The number of halogens is 1. The van der Waals surface area contributed by atoms with Gasteiger partial charge in [-0.25, -0.2) is 0 Å². The van der Waals surface area contributed by atoms with Gasteiger partial charge in [-0.3, -0.25) is 4.84 Å². The van der Waals surface area contributed by atoms with Crippen molar-refractivity contribution in [2.24, 2.45) is 0 Å². The lowest BCUT2D eigenvalue weighted by atomic mass is 10.0. The van der Waals surface area contributed by atoms with E-state index in [0.717, 1.165) is 24.4 Å². The van der Waals surface area contributed by atoms with Gasteiger partial charge in [-0.2, -0.15) is 0 Å². The fourth-order valence-corrected chi connectivity index (χ4v) is 1.79. The summed E-state index contributed by atoms with van der Waals surface area (Å²) < 4.78 is 7.12. The van der Waals surface area contributed by atoms with Crippen molar-refractivity contribution in [3.8, 4) is 0 Å². The first-order valence-electron chi connectivity index (χ1n) is 4.67. The molecule has 3 nitrogen and oxygen atoms in total. The Labute approximate surface area is 107 Å². The summed E-state index contributed by atoms with van der Waals surface area (Å²) in [6.07, 6.45) is 0.997. The van der Waals surface area contributed by atoms with Crippen LogP contribution in [-0.2, 0) is 16.0 Å². The molecule has 0 aliphatic carbocycles. The Morgan fingerprint density at radius 2 is 1.93 bits per heavy atom. The maximum atomic E-state index is 5.34. The smallest absolute Gasteiger partial charge is 0.418 e. The lowest BCUT2D eigenvalue weighted by molar-refractivity contribution is -0.784. The molecular weight excluding hydrogens is 305 g/mol. The summed E-state index contributed by atoms with van der Waals surface area (Å²) >= 11 is 0. The van der Waals surface area contributed by atoms with Crippen molar-refractivity contribution in [2.45, 2.75) is 6.42 Å². The zero-order valence-corrected chi connectivity index (χ0v) is 11.0. The minimum absolute atomic E-state index is 0. The first-order chi connectivity index (χ1) is 6.86. The molecule has 0 unspecified atom stereocenters. The summed E-state index contributed by atoms with van der Waals surface area (Å²) in [5, 5.41) is 0. The molecule has 4 heteroatoms. The standard InChI is InChI=1S/C11H14NO2.HI/c1-13-11-10-6-4-3-5-9(10)7-8-12(11)14-2;/h3-6H,7-8H2,1-2H3;1H/q+1;/p-1. The number of methoxy groups -OCH3 is 1. The van der Waals surface area contributed by atoms with Crippen molar-refractivity contribution in [1.82, 2.24) is 0 Å². The SMILES string of the molecule is COC1=[N+](OC)CCc2ccccc21.[I-]. The zero-order chi connectivity index (χ0) is 9.97. The molecule has 15 heavy (non-hydrogen) atoms. The van der Waals surface area contributed by atoms with Gasteiger partial charge in [0, 0.05) is 11.2 Å². The van der Waals surface area contributed by atoms with E-state index in [-0.39, 0.29) is 24.0 Å². The molecule has 1 aliphatic heterocycles. The van der Waals surface area contributed by atoms with Crippen LogP contribution in [0.5, 0.6) is 0 Å². The van der Waals surface area contributed by atoms with Crippen LogP contribution in [-0.4, -0.2) is 31.4 Å². The quantitative estimate of drug-likeness (QED) is 0.451. The molecule has 1 aliphatic rings. The van der Waals surface area contributed by atoms with Crippen molar-refractivity contribution in [2.75, 3.05) is 20.8 Å². The minimum atomic E-state index is 0. The highest BCUT2D eigenvalue weighted by atomic mass is 127. The fourth-order valence-electron chi connectivity index (χ4n) is 1.79. The summed E-state index contributed by atoms with van der Waals surface area (Å²) in [6, 6.07) is 8.24. The van der Waals surface area contributed by atoms with Crippen molar-refractivity contribution < 1.29 is 38.3 Å². The molecule has 0 N–H and O–H groups in total. The molecule has 2 rings (SSSR count). The number of fused-ring (bicyclic) bond motifs is 1. The normalized spacial score (nSPS) is 14.0. The van der Waals surface area contributed by atoms with Crippen LogP contribution in [0.25, 0.3) is 0 Å². The van der Waals surface area contributed by atoms with Crippen LogP contribution in [0, 0.1) is 0 Å². The largest absolute Gasteiger partial charge is 1.00 e. The Morgan fingerprint density at radius 1 is 1.20 bits per heavy atom. The second kappa shape index (κ2) is 5.34. The van der Waals surface area contributed by atoms with Crippen molar-refractivity contribution in [3.63, 3.8) is 0 Å². The van der Waals surface area contributed by atoms with Crippen molar-refractivity contribution in [3.05, 3.63) is 35.4 Å². The first kappa shape index (κ1) is 12.3. The van der Waals surface area contributed by atoms with Gasteiger partial charge >= 0.3 is 5.90 Å². The van der Waals surface area contributed by atoms with Crippen LogP contribution >= 0.6 is 0 Å². The molecule has 1 aromatic carbocycles. The highest BCUT2D eigenvalue weighted by Crippen LogP contribution is 2.15. The lowest BCUT2D eigenvalue weighted by Gasteiger charge is -2.13. The predicted molar refractivity (Wildman–Crippen MR) is 53.4 cm³/mol. The van der Waals surface area contributed by atoms with E-state index < -0.39 is 0 Å². The molecule has 0 saturated carbocycles. The number of hydrogen-bond donors (Lipinski definition) is 0. The summed E-state index contributed by atoms with van der Waals surface area (Å²) in [5.41, 5.74) is 2.45. The molecule has 0 radical (unpaired) electrons.